The summed E-state index contributed by atoms with van der Waals surface area (Å²) in [6.45, 7) is 6.51. The minimum Gasteiger partial charge on any atom is -0.453 e. The van der Waals surface area contributed by atoms with Gasteiger partial charge in [-0.2, -0.15) is 0 Å². The number of rotatable bonds is 6. The molecule has 7 heteroatoms. The number of hydrogen-bond donors (Lipinski definition) is 0. The molecule has 0 radical (unpaired) electrons. The Hall–Kier alpha value is -3.61. The summed E-state index contributed by atoms with van der Waals surface area (Å²) in [4.78, 5) is 2.34. The molecule has 0 amide bonds. The van der Waals surface area contributed by atoms with E-state index >= 15 is 8.63 Å². The molecular formula is C31H34BF2N3O. The molecular weight excluding hydrogens is 479 g/mol. The van der Waals surface area contributed by atoms with Crippen LogP contribution in [-0.4, -0.2) is 28.2 Å². The van der Waals surface area contributed by atoms with Crippen LogP contribution in [0.3, 0.4) is 0 Å². The quantitative estimate of drug-likeness (QED) is 0.244. The fraction of sp³-hybridized carbons (Fsp3) is 0.323. The zero-order valence-corrected chi connectivity index (χ0v) is 22.8. The van der Waals surface area contributed by atoms with Crippen LogP contribution in [0.15, 0.2) is 65.9 Å². The molecule has 0 atom stereocenters. The van der Waals surface area contributed by atoms with Crippen LogP contribution in [0.25, 0.3) is 5.57 Å². The van der Waals surface area contributed by atoms with E-state index in [0.717, 1.165) is 58.1 Å². The number of halogens is 2. The van der Waals surface area contributed by atoms with E-state index in [1.165, 1.54) is 28.2 Å². The molecule has 1 aromatic heterocycles. The van der Waals surface area contributed by atoms with Gasteiger partial charge in [-0.1, -0.05) is 44.4 Å². The third-order valence-corrected chi connectivity index (χ3v) is 8.09. The van der Waals surface area contributed by atoms with Crippen molar-refractivity contribution >= 4 is 29.6 Å². The van der Waals surface area contributed by atoms with Crippen LogP contribution in [-0.2, 0) is 0 Å². The van der Waals surface area contributed by atoms with Crippen molar-refractivity contribution in [3.05, 3.63) is 88.4 Å². The Morgan fingerprint density at radius 1 is 0.895 bits per heavy atom. The number of ether oxygens (including phenoxy) is 1. The summed E-state index contributed by atoms with van der Waals surface area (Å²) in [7, 11) is 0. The van der Waals surface area contributed by atoms with E-state index in [1.54, 1.807) is 13.8 Å². The molecule has 38 heavy (non-hydrogen) atoms. The van der Waals surface area contributed by atoms with Gasteiger partial charge in [0.1, 0.15) is 5.71 Å². The van der Waals surface area contributed by atoms with Gasteiger partial charge < -0.3 is 27.2 Å². The average molecular weight is 513 g/mol. The lowest BCUT2D eigenvalue weighted by Crippen LogP contribution is -2.51. The van der Waals surface area contributed by atoms with E-state index in [0.29, 0.717) is 22.8 Å². The van der Waals surface area contributed by atoms with Crippen molar-refractivity contribution in [3.63, 3.8) is 0 Å². The molecule has 0 N–H and O–H groups in total. The Kier molecular flexibility index (Phi) is 5.86. The van der Waals surface area contributed by atoms with E-state index in [2.05, 4.69) is 30.0 Å². The molecule has 0 aliphatic carbocycles. The Morgan fingerprint density at radius 3 is 2.45 bits per heavy atom. The monoisotopic (exact) mass is 513 g/mol. The molecule has 0 spiro atoms. The number of nitrogens with zero attached hydrogens (tertiary/aromatic N) is 3. The van der Waals surface area contributed by atoms with E-state index < -0.39 is 6.97 Å². The lowest BCUT2D eigenvalue weighted by molar-refractivity contribution is -0.363. The van der Waals surface area contributed by atoms with E-state index in [4.69, 9.17) is 4.74 Å². The Morgan fingerprint density at radius 2 is 1.66 bits per heavy atom. The van der Waals surface area contributed by atoms with Gasteiger partial charge in [-0.15, -0.1) is 0 Å². The number of hydrogen-bond acceptors (Lipinski definition) is 2. The van der Waals surface area contributed by atoms with Crippen LogP contribution < -0.4 is 9.64 Å². The number of aromatic nitrogens is 1. The van der Waals surface area contributed by atoms with Gasteiger partial charge >= 0.3 is 6.97 Å². The highest BCUT2D eigenvalue weighted by Gasteiger charge is 2.55. The zero-order valence-electron chi connectivity index (χ0n) is 22.8. The Labute approximate surface area is 223 Å². The minimum atomic E-state index is -4.00. The van der Waals surface area contributed by atoms with Gasteiger partial charge in [0, 0.05) is 30.8 Å². The number of unbranched alkanes of at least 4 members (excludes halogenated alkanes) is 3. The first-order chi connectivity index (χ1) is 18.2. The number of allylic oxidation sites excluding steroid dienone is 2. The topological polar surface area (TPSA) is 20.4 Å². The normalized spacial score (nSPS) is 17.1. The smallest absolute Gasteiger partial charge is 0.453 e. The maximum Gasteiger partial charge on any atom is 0.737 e. The molecule has 3 aliphatic rings. The molecule has 0 unspecified atom stereocenters. The molecule has 0 bridgehead atoms. The summed E-state index contributed by atoms with van der Waals surface area (Å²) in [6, 6.07) is 16.2. The van der Waals surface area contributed by atoms with Gasteiger partial charge in [-0.3, -0.25) is 0 Å². The number of para-hydroxylation sites is 2. The molecule has 3 aliphatic heterocycles. The van der Waals surface area contributed by atoms with Crippen molar-refractivity contribution in [2.45, 2.75) is 60.3 Å². The summed E-state index contributed by atoms with van der Waals surface area (Å²) in [5.41, 5.74) is 7.81. The van der Waals surface area contributed by atoms with Crippen molar-refractivity contribution in [2.24, 2.45) is 0 Å². The lowest BCUT2D eigenvalue weighted by atomic mass is 9.83. The highest BCUT2D eigenvalue weighted by molar-refractivity contribution is 6.58. The average Bonchev–Trinajstić information content (AvgIpc) is 3.36. The van der Waals surface area contributed by atoms with Crippen molar-refractivity contribution in [2.75, 3.05) is 11.4 Å². The van der Waals surface area contributed by atoms with Crippen LogP contribution >= 0.6 is 0 Å². The number of fused-ring (bicyclic) bond motifs is 4. The summed E-state index contributed by atoms with van der Waals surface area (Å²) in [5.74, 6) is 1.58. The second-order valence-electron chi connectivity index (χ2n) is 10.8. The largest absolute Gasteiger partial charge is 0.737 e. The number of anilines is 2. The SMILES string of the molecule is CCCCCCN1c2ccccc2Oc2cc(C3=C4C(C)=CC(C)=[N+]4[B-](F)(F)n4c(C)cc(C)c43)ccc21. The fourth-order valence-corrected chi connectivity index (χ4v) is 6.50. The minimum absolute atomic E-state index is 0.567. The predicted molar refractivity (Wildman–Crippen MR) is 152 cm³/mol. The zero-order chi connectivity index (χ0) is 26.8. The van der Waals surface area contributed by atoms with Crippen molar-refractivity contribution in [1.29, 1.82) is 0 Å². The van der Waals surface area contributed by atoms with Crippen LogP contribution in [0, 0.1) is 13.8 Å². The number of aryl methyl sites for hydroxylation is 2. The molecule has 2 aromatic carbocycles. The van der Waals surface area contributed by atoms with E-state index in [-0.39, 0.29) is 0 Å². The fourth-order valence-electron chi connectivity index (χ4n) is 6.50. The molecule has 0 saturated carbocycles. The van der Waals surface area contributed by atoms with Gasteiger partial charge in [0.15, 0.2) is 17.2 Å². The van der Waals surface area contributed by atoms with E-state index in [9.17, 15) is 0 Å². The molecule has 4 heterocycles. The van der Waals surface area contributed by atoms with Crippen molar-refractivity contribution < 1.29 is 17.9 Å². The summed E-state index contributed by atoms with van der Waals surface area (Å²) in [6.07, 6.45) is 6.56. The van der Waals surface area contributed by atoms with Crippen molar-refractivity contribution in [3.8, 4) is 11.5 Å². The summed E-state index contributed by atoms with van der Waals surface area (Å²) < 4.78 is 41.0. The maximum absolute atomic E-state index is 16.0. The second-order valence-corrected chi connectivity index (χ2v) is 10.8. The first-order valence-corrected chi connectivity index (χ1v) is 13.7. The Balaban J connectivity index is 1.52. The van der Waals surface area contributed by atoms with Gasteiger partial charge in [0.25, 0.3) is 0 Å². The molecule has 3 aromatic rings. The van der Waals surface area contributed by atoms with Gasteiger partial charge in [-0.05, 0) is 74.3 Å². The molecule has 6 rings (SSSR count). The third-order valence-electron chi connectivity index (χ3n) is 8.09. The number of benzene rings is 2. The van der Waals surface area contributed by atoms with Gasteiger partial charge in [0.2, 0.25) is 0 Å². The van der Waals surface area contributed by atoms with Crippen molar-refractivity contribution in [1.82, 2.24) is 4.48 Å². The molecule has 0 saturated heterocycles. The van der Waals surface area contributed by atoms with Gasteiger partial charge in [-0.25, -0.2) is 0 Å². The highest BCUT2D eigenvalue weighted by atomic mass is 19.2. The van der Waals surface area contributed by atoms with Crippen LogP contribution in [0.4, 0.5) is 20.0 Å². The first kappa shape index (κ1) is 24.7. The standard InChI is InChI=1S/C31H34BF2N3O/c1-6-7-8-11-16-35-25-12-9-10-13-27(25)38-28-19-24(14-15-26(28)35)29-30-20(2)17-22(4)36(30)32(33,34)37-23(5)18-21(3)31(29)37/h9-10,12-15,17-19H,6-8,11,16H2,1-5H3. The van der Waals surface area contributed by atoms with Crippen LogP contribution in [0.1, 0.15) is 69.0 Å². The molecule has 196 valence electrons. The van der Waals surface area contributed by atoms with E-state index in [1.807, 2.05) is 50.3 Å². The first-order valence-electron chi connectivity index (χ1n) is 13.7. The molecule has 0 fully saturated rings. The van der Waals surface area contributed by atoms with Gasteiger partial charge in [0.05, 0.1) is 16.9 Å². The Bertz CT molecular complexity index is 1560. The van der Waals surface area contributed by atoms with Crippen LogP contribution in [0.2, 0.25) is 0 Å². The van der Waals surface area contributed by atoms with Crippen LogP contribution in [0.5, 0.6) is 11.5 Å². The highest BCUT2D eigenvalue weighted by Crippen LogP contribution is 2.50. The maximum atomic E-state index is 16.0. The summed E-state index contributed by atoms with van der Waals surface area (Å²) >= 11 is 0. The summed E-state index contributed by atoms with van der Waals surface area (Å²) in [5, 5.41) is 0. The second kappa shape index (κ2) is 9.00. The lowest BCUT2D eigenvalue weighted by Gasteiger charge is -2.35. The predicted octanol–water partition coefficient (Wildman–Crippen LogP) is 8.36. The third kappa shape index (κ3) is 3.58. The molecule has 4 nitrogen and oxygen atoms in total.